The molecule has 6 nitrogen and oxygen atoms in total. The Balaban J connectivity index is 1.88. The van der Waals surface area contributed by atoms with Gasteiger partial charge in [0.05, 0.1) is 20.1 Å². The van der Waals surface area contributed by atoms with Gasteiger partial charge in [-0.25, -0.2) is 0 Å². The Morgan fingerprint density at radius 1 is 1.19 bits per heavy atom. The lowest BCUT2D eigenvalue weighted by Gasteiger charge is -2.21. The van der Waals surface area contributed by atoms with E-state index in [2.05, 4.69) is 19.2 Å². The van der Waals surface area contributed by atoms with Gasteiger partial charge in [0.2, 0.25) is 11.8 Å². The van der Waals surface area contributed by atoms with Crippen molar-refractivity contribution < 1.29 is 19.1 Å². The van der Waals surface area contributed by atoms with Crippen LogP contribution in [0.3, 0.4) is 0 Å². The topological polar surface area (TPSA) is 67.9 Å². The van der Waals surface area contributed by atoms with E-state index in [1.54, 1.807) is 14.2 Å². The number of methoxy groups -OCH3 is 2. The van der Waals surface area contributed by atoms with Crippen molar-refractivity contribution in [1.82, 2.24) is 10.2 Å². The van der Waals surface area contributed by atoms with Gasteiger partial charge in [0.15, 0.2) is 0 Å². The number of hydrogen-bond acceptors (Lipinski definition) is 4. The van der Waals surface area contributed by atoms with E-state index in [9.17, 15) is 9.59 Å². The summed E-state index contributed by atoms with van der Waals surface area (Å²) in [7, 11) is 3.25. The van der Waals surface area contributed by atoms with Crippen LogP contribution in [0.25, 0.3) is 0 Å². The number of likely N-dealkylation sites (tertiary alicyclic amines) is 1. The number of carbonyl (C=O) groups is 2. The summed E-state index contributed by atoms with van der Waals surface area (Å²) in [6.07, 6.45) is 1.93. The second-order valence-electron chi connectivity index (χ2n) is 7.98. The van der Waals surface area contributed by atoms with Gasteiger partial charge in [-0.05, 0) is 37.0 Å². The zero-order valence-corrected chi connectivity index (χ0v) is 16.7. The van der Waals surface area contributed by atoms with E-state index in [0.717, 1.165) is 29.9 Å². The third-order valence-electron chi connectivity index (χ3n) is 5.42. The second-order valence-corrected chi connectivity index (χ2v) is 7.98. The third kappa shape index (κ3) is 4.37. The maximum absolute atomic E-state index is 12.9. The van der Waals surface area contributed by atoms with Crippen LogP contribution in [-0.4, -0.2) is 50.6 Å². The monoisotopic (exact) mass is 374 g/mol. The summed E-state index contributed by atoms with van der Waals surface area (Å²) >= 11 is 0. The molecule has 0 radical (unpaired) electrons. The smallest absolute Gasteiger partial charge is 0.225 e. The lowest BCUT2D eigenvalue weighted by Crippen LogP contribution is -2.37. The molecule has 2 unspecified atom stereocenters. The molecule has 0 aromatic heterocycles. The average molecular weight is 374 g/mol. The molecule has 6 heteroatoms. The van der Waals surface area contributed by atoms with Crippen LogP contribution in [0.4, 0.5) is 0 Å². The normalized spacial score (nSPS) is 22.0. The fourth-order valence-electron chi connectivity index (χ4n) is 3.72. The quantitative estimate of drug-likeness (QED) is 0.796. The van der Waals surface area contributed by atoms with Gasteiger partial charge in [-0.1, -0.05) is 13.8 Å². The first-order valence-corrected chi connectivity index (χ1v) is 9.73. The zero-order valence-electron chi connectivity index (χ0n) is 16.7. The first-order chi connectivity index (χ1) is 12.9. The Hall–Kier alpha value is -2.24. The first kappa shape index (κ1) is 19.5. The summed E-state index contributed by atoms with van der Waals surface area (Å²) in [5.74, 6) is 1.77. The van der Waals surface area contributed by atoms with Gasteiger partial charge in [0, 0.05) is 37.0 Å². The van der Waals surface area contributed by atoms with E-state index in [1.807, 2.05) is 23.1 Å². The van der Waals surface area contributed by atoms with E-state index in [4.69, 9.17) is 9.47 Å². The van der Waals surface area contributed by atoms with Gasteiger partial charge < -0.3 is 19.7 Å². The number of hydrogen-bond donors (Lipinski definition) is 1. The summed E-state index contributed by atoms with van der Waals surface area (Å²) in [6, 6.07) is 5.64. The molecular formula is C21H30N2O4. The van der Waals surface area contributed by atoms with Crippen molar-refractivity contribution in [2.75, 3.05) is 33.9 Å². The molecule has 0 spiro atoms. The van der Waals surface area contributed by atoms with Crippen molar-refractivity contribution in [3.8, 4) is 11.5 Å². The number of ether oxygens (including phenoxy) is 2. The fraction of sp³-hybridized carbons (Fsp3) is 0.619. The fourth-order valence-corrected chi connectivity index (χ4v) is 3.72. The molecule has 1 heterocycles. The minimum Gasteiger partial charge on any atom is -0.497 e. The molecule has 2 amide bonds. The van der Waals surface area contributed by atoms with Crippen molar-refractivity contribution in [3.05, 3.63) is 23.8 Å². The van der Waals surface area contributed by atoms with Gasteiger partial charge in [-0.2, -0.15) is 0 Å². The van der Waals surface area contributed by atoms with Crippen molar-refractivity contribution >= 4 is 11.8 Å². The molecule has 1 aromatic rings. The number of carbonyl (C=O) groups excluding carboxylic acids is 2. The molecule has 148 valence electrons. The van der Waals surface area contributed by atoms with Gasteiger partial charge >= 0.3 is 0 Å². The predicted molar refractivity (Wildman–Crippen MR) is 103 cm³/mol. The van der Waals surface area contributed by atoms with Crippen LogP contribution in [0.2, 0.25) is 0 Å². The molecule has 1 saturated heterocycles. The van der Waals surface area contributed by atoms with Crippen LogP contribution in [0.15, 0.2) is 18.2 Å². The number of nitrogens with one attached hydrogen (secondary N) is 1. The molecule has 2 fully saturated rings. The largest absolute Gasteiger partial charge is 0.497 e. The van der Waals surface area contributed by atoms with Crippen LogP contribution >= 0.6 is 0 Å². The van der Waals surface area contributed by atoms with Gasteiger partial charge in [0.25, 0.3) is 0 Å². The first-order valence-electron chi connectivity index (χ1n) is 9.73. The minimum absolute atomic E-state index is 0.00432. The summed E-state index contributed by atoms with van der Waals surface area (Å²) in [5, 5.41) is 3.05. The Labute approximate surface area is 161 Å². The summed E-state index contributed by atoms with van der Waals surface area (Å²) < 4.78 is 10.9. The van der Waals surface area contributed by atoms with E-state index >= 15 is 0 Å². The van der Waals surface area contributed by atoms with Crippen molar-refractivity contribution in [2.45, 2.75) is 32.6 Å². The van der Waals surface area contributed by atoms with Crippen LogP contribution in [0.5, 0.6) is 11.5 Å². The van der Waals surface area contributed by atoms with Crippen molar-refractivity contribution in [3.63, 3.8) is 0 Å². The maximum atomic E-state index is 12.9. The SMILES string of the molecule is COc1ccc(OC)c(C2CN(C(=O)C3CC3)CC2C(=O)NCC(C)C)c1. The van der Waals surface area contributed by atoms with E-state index in [-0.39, 0.29) is 29.6 Å². The predicted octanol–water partition coefficient (Wildman–Crippen LogP) is 2.43. The number of rotatable bonds is 7. The molecule has 1 saturated carbocycles. The van der Waals surface area contributed by atoms with Crippen molar-refractivity contribution in [1.29, 1.82) is 0 Å². The van der Waals surface area contributed by atoms with Crippen LogP contribution in [0, 0.1) is 17.8 Å². The van der Waals surface area contributed by atoms with Gasteiger partial charge in [0.1, 0.15) is 11.5 Å². The van der Waals surface area contributed by atoms with E-state index in [0.29, 0.717) is 25.6 Å². The molecular weight excluding hydrogens is 344 g/mol. The molecule has 3 rings (SSSR count). The van der Waals surface area contributed by atoms with Crippen molar-refractivity contribution in [2.24, 2.45) is 17.8 Å². The maximum Gasteiger partial charge on any atom is 0.225 e. The Morgan fingerprint density at radius 2 is 1.93 bits per heavy atom. The van der Waals surface area contributed by atoms with Crippen LogP contribution < -0.4 is 14.8 Å². The lowest BCUT2D eigenvalue weighted by atomic mass is 9.87. The highest BCUT2D eigenvalue weighted by Crippen LogP contribution is 2.41. The highest BCUT2D eigenvalue weighted by molar-refractivity contribution is 5.85. The Morgan fingerprint density at radius 3 is 2.52 bits per heavy atom. The third-order valence-corrected chi connectivity index (χ3v) is 5.42. The molecule has 1 aliphatic carbocycles. The molecule has 27 heavy (non-hydrogen) atoms. The highest BCUT2D eigenvalue weighted by atomic mass is 16.5. The van der Waals surface area contributed by atoms with Gasteiger partial charge in [-0.15, -0.1) is 0 Å². The standard InChI is InChI=1S/C21H30N2O4/c1-13(2)10-22-20(24)18-12-23(21(25)14-5-6-14)11-17(18)16-9-15(26-3)7-8-19(16)27-4/h7-9,13-14,17-18H,5-6,10-12H2,1-4H3,(H,22,24). The zero-order chi connectivity index (χ0) is 19.6. The second kappa shape index (κ2) is 8.19. The highest BCUT2D eigenvalue weighted by Gasteiger charge is 2.44. The lowest BCUT2D eigenvalue weighted by molar-refractivity contribution is -0.132. The Kier molecular flexibility index (Phi) is 5.92. The van der Waals surface area contributed by atoms with E-state index in [1.165, 1.54) is 0 Å². The van der Waals surface area contributed by atoms with Crippen LogP contribution in [-0.2, 0) is 9.59 Å². The number of amides is 2. The molecule has 2 atom stereocenters. The molecule has 2 aliphatic rings. The summed E-state index contributed by atoms with van der Waals surface area (Å²) in [4.78, 5) is 27.4. The number of nitrogens with zero attached hydrogens (tertiary/aromatic N) is 1. The average Bonchev–Trinajstić information content (AvgIpc) is 3.43. The summed E-state index contributed by atoms with van der Waals surface area (Å²) in [6.45, 7) is 5.78. The van der Waals surface area contributed by atoms with Crippen LogP contribution in [0.1, 0.15) is 38.2 Å². The Bertz CT molecular complexity index is 699. The number of benzene rings is 1. The molecule has 1 aromatic carbocycles. The summed E-state index contributed by atoms with van der Waals surface area (Å²) in [5.41, 5.74) is 0.924. The molecule has 1 aliphatic heterocycles. The molecule has 1 N–H and O–H groups in total. The van der Waals surface area contributed by atoms with Gasteiger partial charge in [-0.3, -0.25) is 9.59 Å². The van der Waals surface area contributed by atoms with E-state index < -0.39 is 0 Å². The molecule has 0 bridgehead atoms. The minimum atomic E-state index is -0.285.